The molecule has 1 aliphatic heterocycles. The maximum Gasteiger partial charge on any atom is 0.301 e. The fourth-order valence-corrected chi connectivity index (χ4v) is 5.60. The Morgan fingerprint density at radius 2 is 1.83 bits per heavy atom. The number of phenols is 1. The average molecular weight is 487 g/mol. The molecule has 0 saturated carbocycles. The van der Waals surface area contributed by atoms with E-state index in [9.17, 15) is 19.8 Å². The van der Waals surface area contributed by atoms with Gasteiger partial charge >= 0.3 is 5.91 Å². The van der Waals surface area contributed by atoms with Gasteiger partial charge in [-0.25, -0.2) is 4.98 Å². The summed E-state index contributed by atoms with van der Waals surface area (Å²) in [6.07, 6.45) is 0. The number of aryl methyl sites for hydroxylation is 2. The largest absolute Gasteiger partial charge is 0.508 e. The summed E-state index contributed by atoms with van der Waals surface area (Å²) in [7, 11) is 1.50. The van der Waals surface area contributed by atoms with Crippen LogP contribution in [0.15, 0.2) is 66.2 Å². The Morgan fingerprint density at radius 1 is 1.06 bits per heavy atom. The fourth-order valence-electron chi connectivity index (χ4n) is 4.43. The van der Waals surface area contributed by atoms with Crippen molar-refractivity contribution in [3.63, 3.8) is 0 Å². The first-order valence-corrected chi connectivity index (χ1v) is 11.7. The number of nitrogens with zero attached hydrogens (tertiary/aromatic N) is 2. The van der Waals surface area contributed by atoms with Gasteiger partial charge in [0.15, 0.2) is 5.13 Å². The van der Waals surface area contributed by atoms with E-state index in [4.69, 9.17) is 9.72 Å². The van der Waals surface area contributed by atoms with E-state index in [1.165, 1.54) is 35.5 Å². The van der Waals surface area contributed by atoms with Crippen LogP contribution in [0.4, 0.5) is 5.13 Å². The van der Waals surface area contributed by atoms with E-state index in [1.54, 1.807) is 36.4 Å². The van der Waals surface area contributed by atoms with Gasteiger partial charge in [0.25, 0.3) is 5.78 Å². The summed E-state index contributed by atoms with van der Waals surface area (Å²) in [6, 6.07) is 15.9. The predicted molar refractivity (Wildman–Crippen MR) is 135 cm³/mol. The van der Waals surface area contributed by atoms with Crippen molar-refractivity contribution in [1.29, 1.82) is 0 Å². The number of aliphatic hydroxyl groups is 1. The van der Waals surface area contributed by atoms with E-state index in [0.29, 0.717) is 22.0 Å². The zero-order chi connectivity index (χ0) is 24.9. The van der Waals surface area contributed by atoms with Crippen LogP contribution in [0.3, 0.4) is 0 Å². The highest BCUT2D eigenvalue weighted by Gasteiger charge is 2.48. The zero-order valence-electron chi connectivity index (χ0n) is 19.3. The molecule has 176 valence electrons. The molecule has 3 aromatic carbocycles. The van der Waals surface area contributed by atoms with Crippen LogP contribution in [0.1, 0.15) is 28.3 Å². The Bertz CT molecular complexity index is 1540. The van der Waals surface area contributed by atoms with Gasteiger partial charge in [-0.15, -0.1) is 0 Å². The third-order valence-electron chi connectivity index (χ3n) is 6.00. The Hall–Kier alpha value is -4.17. The van der Waals surface area contributed by atoms with Crippen molar-refractivity contribution in [2.75, 3.05) is 12.0 Å². The number of methoxy groups -OCH3 is 1. The number of benzene rings is 3. The van der Waals surface area contributed by atoms with Gasteiger partial charge in [-0.3, -0.25) is 14.5 Å². The van der Waals surface area contributed by atoms with E-state index in [2.05, 4.69) is 0 Å². The predicted octanol–water partition coefficient (Wildman–Crippen LogP) is 5.25. The number of hydrogen-bond acceptors (Lipinski definition) is 7. The summed E-state index contributed by atoms with van der Waals surface area (Å²) in [5.74, 6) is -1.48. The first kappa shape index (κ1) is 22.6. The van der Waals surface area contributed by atoms with E-state index < -0.39 is 17.7 Å². The Morgan fingerprint density at radius 3 is 2.57 bits per heavy atom. The van der Waals surface area contributed by atoms with Crippen LogP contribution in [0, 0.1) is 13.8 Å². The molecule has 2 N–H and O–H groups in total. The fraction of sp³-hybridized carbons (Fsp3) is 0.148. The highest BCUT2D eigenvalue weighted by molar-refractivity contribution is 7.22. The van der Waals surface area contributed by atoms with Crippen molar-refractivity contribution in [2.45, 2.75) is 19.9 Å². The lowest BCUT2D eigenvalue weighted by Crippen LogP contribution is -2.29. The minimum atomic E-state index is -0.977. The minimum absolute atomic E-state index is 0.0229. The first-order valence-electron chi connectivity index (χ1n) is 10.9. The molecule has 1 atom stereocenters. The third kappa shape index (κ3) is 3.81. The van der Waals surface area contributed by atoms with Crippen molar-refractivity contribution in [3.05, 3.63) is 88.5 Å². The van der Waals surface area contributed by atoms with E-state index in [0.717, 1.165) is 21.3 Å². The number of carbonyl (C=O) groups excluding carboxylic acids is 2. The second kappa shape index (κ2) is 8.56. The number of amides is 1. The summed E-state index contributed by atoms with van der Waals surface area (Å²) in [5, 5.41) is 21.8. The molecule has 5 rings (SSSR count). The number of phenolic OH excluding ortho intramolecular Hbond substituents is 1. The number of carbonyl (C=O) groups is 2. The van der Waals surface area contributed by atoms with Gasteiger partial charge in [0.2, 0.25) is 0 Å². The molecule has 8 heteroatoms. The maximum absolute atomic E-state index is 13.4. The van der Waals surface area contributed by atoms with Crippen LogP contribution >= 0.6 is 11.3 Å². The molecule has 0 aliphatic carbocycles. The number of thiazole rings is 1. The summed E-state index contributed by atoms with van der Waals surface area (Å²) in [6.45, 7) is 3.93. The molecule has 35 heavy (non-hydrogen) atoms. The molecule has 0 radical (unpaired) electrons. The first-order chi connectivity index (χ1) is 16.8. The molecule has 1 saturated heterocycles. The lowest BCUT2D eigenvalue weighted by molar-refractivity contribution is -0.132. The van der Waals surface area contributed by atoms with Crippen LogP contribution in [0.2, 0.25) is 0 Å². The van der Waals surface area contributed by atoms with Gasteiger partial charge in [0.05, 0.1) is 28.9 Å². The number of anilines is 1. The summed E-state index contributed by atoms with van der Waals surface area (Å²) in [5.41, 5.74) is 3.50. The number of rotatable bonds is 4. The lowest BCUT2D eigenvalue weighted by Gasteiger charge is -2.23. The van der Waals surface area contributed by atoms with Gasteiger partial charge in [0, 0.05) is 5.56 Å². The van der Waals surface area contributed by atoms with Crippen molar-refractivity contribution >= 4 is 44.1 Å². The summed E-state index contributed by atoms with van der Waals surface area (Å²) in [4.78, 5) is 32.7. The van der Waals surface area contributed by atoms with E-state index in [1.807, 2.05) is 26.0 Å². The number of aromatic nitrogens is 1. The monoisotopic (exact) mass is 486 g/mol. The molecule has 0 bridgehead atoms. The van der Waals surface area contributed by atoms with Gasteiger partial charge in [-0.2, -0.15) is 0 Å². The van der Waals surface area contributed by atoms with Crippen molar-refractivity contribution in [2.24, 2.45) is 0 Å². The average Bonchev–Trinajstić information content (AvgIpc) is 3.37. The Labute approximate surface area is 205 Å². The summed E-state index contributed by atoms with van der Waals surface area (Å²) >= 11 is 1.30. The Balaban J connectivity index is 1.75. The highest BCUT2D eigenvalue weighted by atomic mass is 32.1. The van der Waals surface area contributed by atoms with E-state index in [-0.39, 0.29) is 17.1 Å². The second-order valence-corrected chi connectivity index (χ2v) is 9.43. The molecule has 1 amide bonds. The van der Waals surface area contributed by atoms with Crippen LogP contribution in [0.5, 0.6) is 11.5 Å². The molecule has 1 fully saturated rings. The number of fused-ring (bicyclic) bond motifs is 1. The molecule has 1 unspecified atom stereocenters. The molecule has 1 aliphatic rings. The quantitative estimate of drug-likeness (QED) is 0.232. The molecular formula is C27H22N2O5S. The number of Topliss-reactive ketones (excluding diaryl/α,β-unsaturated/α-hetero) is 1. The van der Waals surface area contributed by atoms with Crippen LogP contribution < -0.4 is 9.64 Å². The number of hydrogen-bond donors (Lipinski definition) is 2. The van der Waals surface area contributed by atoms with Crippen LogP contribution in [0.25, 0.3) is 16.0 Å². The summed E-state index contributed by atoms with van der Waals surface area (Å²) < 4.78 is 6.14. The Kier molecular flexibility index (Phi) is 5.53. The lowest BCUT2D eigenvalue weighted by atomic mass is 9.95. The van der Waals surface area contributed by atoms with Gasteiger partial charge < -0.3 is 14.9 Å². The number of aromatic hydroxyl groups is 1. The van der Waals surface area contributed by atoms with Crippen LogP contribution in [-0.2, 0) is 9.59 Å². The van der Waals surface area contributed by atoms with Crippen molar-refractivity contribution in [1.82, 2.24) is 4.98 Å². The molecule has 1 aromatic heterocycles. The standard InChI is InChI=1S/C27H22N2O5S/c1-14-10-15(2)22-20(11-14)35-27(28-22)29-23(16-6-4-8-18(30)12-16)21(25(32)26(29)33)24(31)17-7-5-9-19(13-17)34-3/h4-13,23,30-31H,1-3H3/b24-21+. The molecule has 2 heterocycles. The number of ether oxygens (including phenoxy) is 1. The maximum atomic E-state index is 13.4. The third-order valence-corrected chi connectivity index (χ3v) is 7.00. The highest BCUT2D eigenvalue weighted by Crippen LogP contribution is 2.45. The van der Waals surface area contributed by atoms with Crippen LogP contribution in [-0.4, -0.2) is 34.0 Å². The second-order valence-electron chi connectivity index (χ2n) is 8.42. The molecule has 0 spiro atoms. The van der Waals surface area contributed by atoms with Gasteiger partial charge in [-0.05, 0) is 60.9 Å². The van der Waals surface area contributed by atoms with Gasteiger partial charge in [-0.1, -0.05) is 41.7 Å². The normalized spacial score (nSPS) is 17.3. The minimum Gasteiger partial charge on any atom is -0.508 e. The molecule has 4 aromatic rings. The smallest absolute Gasteiger partial charge is 0.301 e. The SMILES string of the molecule is COc1cccc(/C(O)=C2\C(=O)C(=O)N(c3nc4c(C)cc(C)cc4s3)C2c2cccc(O)c2)c1. The zero-order valence-corrected chi connectivity index (χ0v) is 20.1. The van der Waals surface area contributed by atoms with E-state index >= 15 is 0 Å². The number of ketones is 1. The number of aliphatic hydroxyl groups excluding tert-OH is 1. The van der Waals surface area contributed by atoms with Crippen molar-refractivity contribution < 1.29 is 24.5 Å². The van der Waals surface area contributed by atoms with Crippen molar-refractivity contribution in [3.8, 4) is 11.5 Å². The molecule has 7 nitrogen and oxygen atoms in total. The topological polar surface area (TPSA) is 100.0 Å². The molecular weight excluding hydrogens is 464 g/mol. The van der Waals surface area contributed by atoms with Gasteiger partial charge in [0.1, 0.15) is 17.3 Å².